The molecule has 1 spiro atoms. The Morgan fingerprint density at radius 3 is 2.76 bits per heavy atom. The molecule has 182 valence electrons. The summed E-state index contributed by atoms with van der Waals surface area (Å²) in [7, 11) is 0. The van der Waals surface area contributed by atoms with E-state index in [1.165, 1.54) is 48.2 Å². The van der Waals surface area contributed by atoms with Crippen molar-refractivity contribution in [1.29, 1.82) is 0 Å². The van der Waals surface area contributed by atoms with Crippen molar-refractivity contribution in [2.75, 3.05) is 19.6 Å². The normalized spacial score (nSPS) is 32.1. The number of fused-ring (bicyclic) bond motifs is 2. The number of thiazole rings is 1. The maximum Gasteiger partial charge on any atom is 0.232 e. The number of likely N-dealkylation sites (tertiary alicyclic amines) is 1. The number of benzene rings is 1. The summed E-state index contributed by atoms with van der Waals surface area (Å²) in [6, 6.07) is 11.4. The molecule has 0 bridgehead atoms. The number of amides is 1. The first-order valence-corrected chi connectivity index (χ1v) is 14.7. The van der Waals surface area contributed by atoms with E-state index in [9.17, 15) is 4.79 Å². The molecule has 34 heavy (non-hydrogen) atoms. The Hall–Kier alpha value is -1.43. The summed E-state index contributed by atoms with van der Waals surface area (Å²) < 4.78 is 0.646. The molecule has 1 unspecified atom stereocenters. The minimum absolute atomic E-state index is 0.0578. The number of halogens is 1. The van der Waals surface area contributed by atoms with Crippen molar-refractivity contribution in [3.8, 4) is 0 Å². The Balaban J connectivity index is 1.30. The molecule has 3 fully saturated rings. The van der Waals surface area contributed by atoms with Crippen molar-refractivity contribution in [2.24, 2.45) is 11.8 Å². The van der Waals surface area contributed by atoms with E-state index in [1.807, 2.05) is 0 Å². The van der Waals surface area contributed by atoms with Crippen LogP contribution in [0.5, 0.6) is 0 Å². The number of nitrogens with two attached hydrogens (primary N) is 1. The van der Waals surface area contributed by atoms with E-state index in [-0.39, 0.29) is 11.3 Å². The first-order valence-electron chi connectivity index (χ1n) is 13.5. The number of aryl methyl sites for hydroxylation is 1. The van der Waals surface area contributed by atoms with Crippen LogP contribution in [0.3, 0.4) is 0 Å². The molecule has 2 aliphatic heterocycles. The van der Waals surface area contributed by atoms with Crippen molar-refractivity contribution in [1.82, 2.24) is 9.88 Å². The maximum atomic E-state index is 14.4. The smallest absolute Gasteiger partial charge is 0.232 e. The minimum Gasteiger partial charge on any atom is -0.345 e. The highest BCUT2D eigenvalue weighted by Crippen LogP contribution is 2.48. The third-order valence-electron chi connectivity index (χ3n) is 9.43. The predicted molar refractivity (Wildman–Crippen MR) is 137 cm³/mol. The number of hydrogen-bond donors (Lipinski definition) is 1. The summed E-state index contributed by atoms with van der Waals surface area (Å²) in [5.74, 6) is 1.71. The van der Waals surface area contributed by atoms with Gasteiger partial charge in [0.1, 0.15) is 5.92 Å². The number of quaternary nitrogens is 1. The van der Waals surface area contributed by atoms with E-state index in [1.54, 1.807) is 11.3 Å². The van der Waals surface area contributed by atoms with Crippen molar-refractivity contribution >= 4 is 28.8 Å². The van der Waals surface area contributed by atoms with E-state index in [2.05, 4.69) is 45.5 Å². The zero-order valence-corrected chi connectivity index (χ0v) is 21.6. The van der Waals surface area contributed by atoms with E-state index < -0.39 is 0 Å². The summed E-state index contributed by atoms with van der Waals surface area (Å²) in [4.78, 5) is 22.8. The summed E-state index contributed by atoms with van der Waals surface area (Å²) in [5, 5.41) is 2.39. The average molecular weight is 499 g/mol. The Labute approximate surface area is 212 Å². The molecule has 2 N–H and O–H groups in total. The van der Waals surface area contributed by atoms with Gasteiger partial charge in [0.25, 0.3) is 0 Å². The number of carbonyl (C=O) groups excluding carboxylic acids is 1. The highest BCUT2D eigenvalue weighted by molar-refractivity contribution is 7.16. The summed E-state index contributed by atoms with van der Waals surface area (Å²) >= 11 is 8.03. The van der Waals surface area contributed by atoms with Gasteiger partial charge in [-0.3, -0.25) is 4.79 Å². The highest BCUT2D eigenvalue weighted by atomic mass is 35.5. The quantitative estimate of drug-likeness (QED) is 0.653. The van der Waals surface area contributed by atoms with Crippen LogP contribution in [0.4, 0.5) is 0 Å². The first-order chi connectivity index (χ1) is 16.7. The van der Waals surface area contributed by atoms with Crippen LogP contribution >= 0.6 is 22.9 Å². The van der Waals surface area contributed by atoms with Gasteiger partial charge >= 0.3 is 0 Å². The Kier molecular flexibility index (Phi) is 6.46. The lowest BCUT2D eigenvalue weighted by Crippen LogP contribution is -2.82. The van der Waals surface area contributed by atoms with Crippen LogP contribution in [0.1, 0.15) is 79.8 Å². The second kappa shape index (κ2) is 9.55. The Morgan fingerprint density at radius 2 is 1.94 bits per heavy atom. The number of hydrogen-bond acceptors (Lipinski definition) is 3. The monoisotopic (exact) mass is 498 g/mol. The van der Waals surface area contributed by atoms with E-state index in [4.69, 9.17) is 11.6 Å². The van der Waals surface area contributed by atoms with Crippen molar-refractivity contribution < 1.29 is 10.1 Å². The van der Waals surface area contributed by atoms with Gasteiger partial charge in [-0.05, 0) is 62.3 Å². The number of nitrogens with zero attached hydrogens (tertiary/aromatic N) is 2. The molecule has 1 aromatic carbocycles. The average Bonchev–Trinajstić information content (AvgIpc) is 3.48. The molecule has 1 saturated carbocycles. The molecular formula is C28H37ClN3OS+. The Bertz CT molecular complexity index is 1020. The predicted octanol–water partition coefficient (Wildman–Crippen LogP) is 4.92. The molecule has 2 aromatic rings. The standard InChI is InChI=1S/C28H36ClN3OS/c29-27-31-23-12-7-14-28(25(23)34-27)18-30-17-22(28)26(33)32-15-13-21(19-8-3-1-4-9-19)16-24(32)20-10-5-2-6-11-20/h1,3-4,8-9,20-22,24,30H,2,5-7,10-18H2/p+1/t21-,22?,24+,28-/m1/s1. The topological polar surface area (TPSA) is 49.8 Å². The van der Waals surface area contributed by atoms with Gasteiger partial charge in [0.05, 0.1) is 24.2 Å². The van der Waals surface area contributed by atoms with Crippen molar-refractivity contribution in [2.45, 2.75) is 81.6 Å². The molecule has 2 saturated heterocycles. The lowest BCUT2D eigenvalue weighted by atomic mass is 9.68. The van der Waals surface area contributed by atoms with Gasteiger partial charge in [0, 0.05) is 17.5 Å². The molecule has 0 radical (unpaired) electrons. The van der Waals surface area contributed by atoms with Gasteiger partial charge in [-0.15, -0.1) is 11.3 Å². The van der Waals surface area contributed by atoms with Gasteiger partial charge in [-0.2, -0.15) is 0 Å². The fourth-order valence-corrected chi connectivity index (χ4v) is 9.23. The third kappa shape index (κ3) is 4.02. The van der Waals surface area contributed by atoms with Crippen LogP contribution in [0.25, 0.3) is 0 Å². The lowest BCUT2D eigenvalue weighted by Gasteiger charge is -2.47. The van der Waals surface area contributed by atoms with Crippen molar-refractivity contribution in [3.63, 3.8) is 0 Å². The molecule has 4 nitrogen and oxygen atoms in total. The Morgan fingerprint density at radius 1 is 1.12 bits per heavy atom. The lowest BCUT2D eigenvalue weighted by molar-refractivity contribution is -0.640. The van der Waals surface area contributed by atoms with Crippen LogP contribution < -0.4 is 5.32 Å². The van der Waals surface area contributed by atoms with Crippen LogP contribution in [0, 0.1) is 11.8 Å². The second-order valence-corrected chi connectivity index (χ2v) is 12.7. The van der Waals surface area contributed by atoms with E-state index in [0.29, 0.717) is 28.3 Å². The largest absolute Gasteiger partial charge is 0.345 e. The molecule has 4 atom stereocenters. The fraction of sp³-hybridized carbons (Fsp3) is 0.643. The van der Waals surface area contributed by atoms with Gasteiger partial charge < -0.3 is 10.2 Å². The molecule has 6 heteroatoms. The van der Waals surface area contributed by atoms with E-state index >= 15 is 0 Å². The van der Waals surface area contributed by atoms with Gasteiger partial charge in [-0.25, -0.2) is 4.98 Å². The third-order valence-corrected chi connectivity index (χ3v) is 10.9. The van der Waals surface area contributed by atoms with Gasteiger partial charge in [0.2, 0.25) is 5.91 Å². The summed E-state index contributed by atoms with van der Waals surface area (Å²) in [6.45, 7) is 2.82. The molecule has 4 aliphatic rings. The second-order valence-electron chi connectivity index (χ2n) is 11.2. The van der Waals surface area contributed by atoms with Crippen LogP contribution in [0.15, 0.2) is 30.3 Å². The first kappa shape index (κ1) is 23.0. The zero-order chi connectivity index (χ0) is 23.1. The highest BCUT2D eigenvalue weighted by Gasteiger charge is 2.56. The van der Waals surface area contributed by atoms with Gasteiger partial charge in [0.15, 0.2) is 4.47 Å². The molecule has 3 heterocycles. The van der Waals surface area contributed by atoms with Gasteiger partial charge in [-0.1, -0.05) is 61.2 Å². The minimum atomic E-state index is -0.0666. The molecule has 2 aliphatic carbocycles. The SMILES string of the molecule is O=C(C1C[NH2+]C[C@]12CCCc1nc(Cl)sc12)N1CC[C@@H](c2ccccc2)C[C@H]1C1CCCCC1. The number of piperidine rings is 1. The zero-order valence-electron chi connectivity index (χ0n) is 20.1. The summed E-state index contributed by atoms with van der Waals surface area (Å²) in [6.07, 6.45) is 12.0. The van der Waals surface area contributed by atoms with E-state index in [0.717, 1.165) is 51.7 Å². The van der Waals surface area contributed by atoms with Crippen LogP contribution in [-0.2, 0) is 16.6 Å². The molecule has 1 amide bonds. The molecule has 1 aromatic heterocycles. The van der Waals surface area contributed by atoms with Crippen LogP contribution in [-0.4, -0.2) is 41.5 Å². The number of carbonyl (C=O) groups is 1. The van der Waals surface area contributed by atoms with Crippen molar-refractivity contribution in [3.05, 3.63) is 50.9 Å². The maximum absolute atomic E-state index is 14.4. The number of rotatable bonds is 3. The number of aromatic nitrogens is 1. The summed E-state index contributed by atoms with van der Waals surface area (Å²) in [5.41, 5.74) is 2.56. The molecular weight excluding hydrogens is 462 g/mol. The molecule has 6 rings (SSSR count). The van der Waals surface area contributed by atoms with Crippen LogP contribution in [0.2, 0.25) is 4.47 Å². The fourth-order valence-electron chi connectivity index (χ4n) is 7.77.